The van der Waals surface area contributed by atoms with Crippen molar-refractivity contribution >= 4 is 27.5 Å². The Kier molecular flexibility index (Phi) is 4.38. The summed E-state index contributed by atoms with van der Waals surface area (Å²) in [5.41, 5.74) is 1.62. The van der Waals surface area contributed by atoms with Gasteiger partial charge >= 0.3 is 0 Å². The normalized spacial score (nSPS) is 15.2. The van der Waals surface area contributed by atoms with Gasteiger partial charge in [0.2, 0.25) is 0 Å². The Hall–Kier alpha value is -0.0900. The lowest BCUT2D eigenvalue weighted by Crippen LogP contribution is -2.20. The summed E-state index contributed by atoms with van der Waals surface area (Å²) in [6.07, 6.45) is -1.85. The van der Waals surface area contributed by atoms with Gasteiger partial charge in [0.25, 0.3) is 0 Å². The van der Waals surface area contributed by atoms with E-state index in [0.717, 1.165) is 10.0 Å². The SMILES string of the molecule is Cc1c(Br)cccc1C(O)C(O)CCl. The van der Waals surface area contributed by atoms with E-state index in [1.165, 1.54) is 0 Å². The van der Waals surface area contributed by atoms with Gasteiger partial charge in [-0.05, 0) is 24.1 Å². The smallest absolute Gasteiger partial charge is 0.106 e. The lowest BCUT2D eigenvalue weighted by molar-refractivity contribution is 0.0323. The summed E-state index contributed by atoms with van der Waals surface area (Å²) in [5.74, 6) is 0.0210. The molecule has 2 N–H and O–H groups in total. The molecule has 0 aliphatic carbocycles. The van der Waals surface area contributed by atoms with Gasteiger partial charge in [0.1, 0.15) is 6.10 Å². The lowest BCUT2D eigenvalue weighted by atomic mass is 10.0. The van der Waals surface area contributed by atoms with Crippen molar-refractivity contribution in [3.63, 3.8) is 0 Å². The Morgan fingerprint density at radius 3 is 2.64 bits per heavy atom. The average Bonchev–Trinajstić information content (AvgIpc) is 2.20. The van der Waals surface area contributed by atoms with Crippen molar-refractivity contribution < 1.29 is 10.2 Å². The Morgan fingerprint density at radius 1 is 1.43 bits per heavy atom. The Balaban J connectivity index is 3.01. The molecule has 78 valence electrons. The highest BCUT2D eigenvalue weighted by Gasteiger charge is 2.19. The highest BCUT2D eigenvalue weighted by atomic mass is 79.9. The monoisotopic (exact) mass is 278 g/mol. The average molecular weight is 280 g/mol. The maximum absolute atomic E-state index is 9.74. The predicted octanol–water partition coefficient (Wildman–Crippen LogP) is 2.39. The third-order valence-corrected chi connectivity index (χ3v) is 3.33. The molecule has 0 heterocycles. The van der Waals surface area contributed by atoms with Crippen LogP contribution in [0.15, 0.2) is 22.7 Å². The summed E-state index contributed by atoms with van der Waals surface area (Å²) >= 11 is 8.83. The standard InChI is InChI=1S/C10H12BrClO2/c1-6-7(3-2-4-8(6)11)10(14)9(13)5-12/h2-4,9-10,13-14H,5H2,1H3. The fraction of sp³-hybridized carbons (Fsp3) is 0.400. The van der Waals surface area contributed by atoms with Crippen LogP contribution in [0.1, 0.15) is 17.2 Å². The molecule has 0 aliphatic rings. The topological polar surface area (TPSA) is 40.5 Å². The van der Waals surface area contributed by atoms with Crippen molar-refractivity contribution in [2.45, 2.75) is 19.1 Å². The molecular weight excluding hydrogens is 267 g/mol. The molecule has 1 aromatic carbocycles. The van der Waals surface area contributed by atoms with Crippen LogP contribution in [0, 0.1) is 6.92 Å². The molecule has 0 amide bonds. The Labute approximate surface area is 96.7 Å². The molecule has 0 saturated heterocycles. The lowest BCUT2D eigenvalue weighted by Gasteiger charge is -2.18. The van der Waals surface area contributed by atoms with Gasteiger partial charge in [0.15, 0.2) is 0 Å². The third-order valence-electron chi connectivity index (χ3n) is 2.15. The number of benzene rings is 1. The highest BCUT2D eigenvalue weighted by molar-refractivity contribution is 9.10. The second-order valence-corrected chi connectivity index (χ2v) is 4.28. The van der Waals surface area contributed by atoms with E-state index in [1.807, 2.05) is 19.1 Å². The van der Waals surface area contributed by atoms with Gasteiger partial charge in [-0.25, -0.2) is 0 Å². The van der Waals surface area contributed by atoms with Gasteiger partial charge < -0.3 is 10.2 Å². The molecule has 0 radical (unpaired) electrons. The first-order valence-electron chi connectivity index (χ1n) is 4.25. The molecule has 0 fully saturated rings. The van der Waals surface area contributed by atoms with Crippen LogP contribution in [-0.4, -0.2) is 22.2 Å². The first-order valence-corrected chi connectivity index (χ1v) is 5.57. The number of hydrogen-bond acceptors (Lipinski definition) is 2. The number of aliphatic hydroxyl groups excluding tert-OH is 2. The van der Waals surface area contributed by atoms with Crippen molar-refractivity contribution in [1.82, 2.24) is 0 Å². The zero-order chi connectivity index (χ0) is 10.7. The van der Waals surface area contributed by atoms with Gasteiger partial charge in [-0.1, -0.05) is 28.1 Å². The number of hydrogen-bond donors (Lipinski definition) is 2. The quantitative estimate of drug-likeness (QED) is 0.834. The van der Waals surface area contributed by atoms with Gasteiger partial charge in [-0.2, -0.15) is 0 Å². The van der Waals surface area contributed by atoms with E-state index < -0.39 is 12.2 Å². The molecule has 4 heteroatoms. The van der Waals surface area contributed by atoms with Crippen molar-refractivity contribution in [1.29, 1.82) is 0 Å². The first kappa shape index (κ1) is 12.0. The molecule has 0 spiro atoms. The maximum atomic E-state index is 9.74. The number of rotatable bonds is 3. The van der Waals surface area contributed by atoms with E-state index in [-0.39, 0.29) is 5.88 Å². The number of alkyl halides is 1. The van der Waals surface area contributed by atoms with Crippen molar-refractivity contribution in [3.8, 4) is 0 Å². The van der Waals surface area contributed by atoms with Crippen LogP contribution in [-0.2, 0) is 0 Å². The molecule has 0 saturated carbocycles. The highest BCUT2D eigenvalue weighted by Crippen LogP contribution is 2.26. The van der Waals surface area contributed by atoms with E-state index in [2.05, 4.69) is 15.9 Å². The number of aliphatic hydroxyl groups is 2. The number of halogens is 2. The Morgan fingerprint density at radius 2 is 2.07 bits per heavy atom. The summed E-state index contributed by atoms with van der Waals surface area (Å²) < 4.78 is 0.913. The fourth-order valence-corrected chi connectivity index (χ4v) is 1.79. The molecule has 1 rings (SSSR count). The molecule has 1 aromatic rings. The first-order chi connectivity index (χ1) is 6.57. The molecule has 14 heavy (non-hydrogen) atoms. The van der Waals surface area contributed by atoms with Crippen LogP contribution < -0.4 is 0 Å². The summed E-state index contributed by atoms with van der Waals surface area (Å²) in [5, 5.41) is 19.1. The Bertz CT molecular complexity index is 317. The van der Waals surface area contributed by atoms with Crippen LogP contribution in [0.4, 0.5) is 0 Å². The largest absolute Gasteiger partial charge is 0.389 e. The van der Waals surface area contributed by atoms with Gasteiger partial charge in [-0.3, -0.25) is 0 Å². The van der Waals surface area contributed by atoms with E-state index in [9.17, 15) is 10.2 Å². The third kappa shape index (κ3) is 2.48. The van der Waals surface area contributed by atoms with E-state index in [1.54, 1.807) is 6.07 Å². The minimum Gasteiger partial charge on any atom is -0.389 e. The molecular formula is C10H12BrClO2. The molecule has 2 unspecified atom stereocenters. The summed E-state index contributed by atoms with van der Waals surface area (Å²) in [6, 6.07) is 5.48. The van der Waals surface area contributed by atoms with E-state index in [0.29, 0.717) is 5.56 Å². The summed E-state index contributed by atoms with van der Waals surface area (Å²) in [7, 11) is 0. The van der Waals surface area contributed by atoms with Crippen LogP contribution in [0.25, 0.3) is 0 Å². The van der Waals surface area contributed by atoms with Crippen molar-refractivity contribution in [2.75, 3.05) is 5.88 Å². The summed E-state index contributed by atoms with van der Waals surface area (Å²) in [6.45, 7) is 1.88. The molecule has 2 atom stereocenters. The molecule has 0 bridgehead atoms. The van der Waals surface area contributed by atoms with Gasteiger partial charge in [-0.15, -0.1) is 11.6 Å². The van der Waals surface area contributed by atoms with Crippen molar-refractivity contribution in [3.05, 3.63) is 33.8 Å². The summed E-state index contributed by atoms with van der Waals surface area (Å²) in [4.78, 5) is 0. The molecule has 0 aromatic heterocycles. The minimum absolute atomic E-state index is 0.0210. The maximum Gasteiger partial charge on any atom is 0.106 e. The van der Waals surface area contributed by atoms with Crippen LogP contribution in [0.3, 0.4) is 0 Å². The molecule has 0 aliphatic heterocycles. The van der Waals surface area contributed by atoms with Crippen LogP contribution in [0.2, 0.25) is 0 Å². The van der Waals surface area contributed by atoms with E-state index in [4.69, 9.17) is 11.6 Å². The van der Waals surface area contributed by atoms with Crippen molar-refractivity contribution in [2.24, 2.45) is 0 Å². The van der Waals surface area contributed by atoms with Gasteiger partial charge in [0.05, 0.1) is 12.0 Å². The van der Waals surface area contributed by atoms with Crippen LogP contribution in [0.5, 0.6) is 0 Å². The zero-order valence-corrected chi connectivity index (χ0v) is 10.1. The second kappa shape index (κ2) is 5.12. The minimum atomic E-state index is -0.926. The van der Waals surface area contributed by atoms with E-state index >= 15 is 0 Å². The predicted molar refractivity (Wildman–Crippen MR) is 60.6 cm³/mol. The van der Waals surface area contributed by atoms with Gasteiger partial charge in [0, 0.05) is 4.47 Å². The second-order valence-electron chi connectivity index (χ2n) is 3.12. The van der Waals surface area contributed by atoms with Crippen LogP contribution >= 0.6 is 27.5 Å². The fourth-order valence-electron chi connectivity index (χ4n) is 1.24. The zero-order valence-electron chi connectivity index (χ0n) is 7.74. The molecule has 2 nitrogen and oxygen atoms in total.